The van der Waals surface area contributed by atoms with Crippen molar-refractivity contribution in [2.24, 2.45) is 5.92 Å². The Morgan fingerprint density at radius 3 is 2.14 bits per heavy atom. The lowest BCUT2D eigenvalue weighted by Gasteiger charge is -2.17. The Kier molecular flexibility index (Phi) is 6.49. The largest absolute Gasteiger partial charge is 0.480 e. The number of alkyl carbamates (subject to hydrolysis) is 1. The van der Waals surface area contributed by atoms with Gasteiger partial charge in [0.05, 0.1) is 5.92 Å². The lowest BCUT2D eigenvalue weighted by molar-refractivity contribution is -0.138. The molecule has 3 N–H and O–H groups in total. The smallest absolute Gasteiger partial charge is 0.407 e. The third kappa shape index (κ3) is 4.74. The van der Waals surface area contributed by atoms with Gasteiger partial charge in [-0.15, -0.1) is 0 Å². The zero-order valence-corrected chi connectivity index (χ0v) is 16.2. The molecule has 0 spiro atoms. The predicted octanol–water partition coefficient (Wildman–Crippen LogP) is 2.75. The quantitative estimate of drug-likeness (QED) is 0.636. The van der Waals surface area contributed by atoms with Crippen LogP contribution in [-0.4, -0.2) is 42.8 Å². The summed E-state index contributed by atoms with van der Waals surface area (Å²) in [6.07, 6.45) is -0.133. The SMILES string of the molecule is CCC(CNC(=O)OCC1c2ccccc2-c2ccccc21)C(=O)NCC(=O)O. The molecule has 0 aromatic heterocycles. The van der Waals surface area contributed by atoms with Crippen LogP contribution in [0.2, 0.25) is 0 Å². The van der Waals surface area contributed by atoms with Gasteiger partial charge in [0.1, 0.15) is 13.2 Å². The Morgan fingerprint density at radius 1 is 1.00 bits per heavy atom. The van der Waals surface area contributed by atoms with E-state index in [2.05, 4.69) is 22.8 Å². The molecule has 0 aliphatic heterocycles. The second-order valence-corrected chi connectivity index (χ2v) is 6.92. The number of carboxylic acids is 1. The van der Waals surface area contributed by atoms with Crippen molar-refractivity contribution in [2.75, 3.05) is 19.7 Å². The number of hydrogen-bond acceptors (Lipinski definition) is 4. The first-order chi connectivity index (χ1) is 14.0. The van der Waals surface area contributed by atoms with Gasteiger partial charge in [0, 0.05) is 12.5 Å². The molecule has 7 heteroatoms. The molecule has 2 amide bonds. The van der Waals surface area contributed by atoms with Crippen LogP contribution in [0.3, 0.4) is 0 Å². The van der Waals surface area contributed by atoms with Crippen LogP contribution >= 0.6 is 0 Å². The zero-order valence-electron chi connectivity index (χ0n) is 16.2. The minimum Gasteiger partial charge on any atom is -0.480 e. The van der Waals surface area contributed by atoms with Gasteiger partial charge in [-0.05, 0) is 28.7 Å². The summed E-state index contributed by atoms with van der Waals surface area (Å²) in [5.41, 5.74) is 4.55. The van der Waals surface area contributed by atoms with Crippen molar-refractivity contribution >= 4 is 18.0 Å². The summed E-state index contributed by atoms with van der Waals surface area (Å²) in [6, 6.07) is 16.1. The van der Waals surface area contributed by atoms with Crippen molar-refractivity contribution in [3.63, 3.8) is 0 Å². The van der Waals surface area contributed by atoms with Crippen molar-refractivity contribution in [1.29, 1.82) is 0 Å². The second kappa shape index (κ2) is 9.23. The van der Waals surface area contributed by atoms with E-state index >= 15 is 0 Å². The maximum absolute atomic E-state index is 12.2. The number of nitrogens with one attached hydrogen (secondary N) is 2. The van der Waals surface area contributed by atoms with Crippen molar-refractivity contribution in [3.05, 3.63) is 59.7 Å². The fourth-order valence-corrected chi connectivity index (χ4v) is 3.59. The normalized spacial score (nSPS) is 13.1. The van der Waals surface area contributed by atoms with E-state index in [-0.39, 0.29) is 19.1 Å². The molecule has 3 rings (SSSR count). The number of rotatable bonds is 8. The first-order valence-electron chi connectivity index (χ1n) is 9.59. The third-order valence-corrected chi connectivity index (χ3v) is 5.11. The molecule has 0 heterocycles. The molecule has 1 atom stereocenters. The lowest BCUT2D eigenvalue weighted by Crippen LogP contribution is -2.40. The summed E-state index contributed by atoms with van der Waals surface area (Å²) in [7, 11) is 0. The molecule has 152 valence electrons. The molecular formula is C22H24N2O5. The second-order valence-electron chi connectivity index (χ2n) is 6.92. The number of ether oxygens (including phenoxy) is 1. The van der Waals surface area contributed by atoms with Crippen LogP contribution in [0.15, 0.2) is 48.5 Å². The van der Waals surface area contributed by atoms with E-state index < -0.39 is 30.4 Å². The van der Waals surface area contributed by atoms with Gasteiger partial charge in [-0.1, -0.05) is 55.5 Å². The summed E-state index contributed by atoms with van der Waals surface area (Å²) < 4.78 is 5.44. The first kappa shape index (κ1) is 20.4. The summed E-state index contributed by atoms with van der Waals surface area (Å²) in [5.74, 6) is -2.07. The Labute approximate surface area is 169 Å². The topological polar surface area (TPSA) is 105 Å². The van der Waals surface area contributed by atoms with E-state index in [0.717, 1.165) is 22.3 Å². The fourth-order valence-electron chi connectivity index (χ4n) is 3.59. The average molecular weight is 396 g/mol. The Hall–Kier alpha value is -3.35. The highest BCUT2D eigenvalue weighted by Gasteiger charge is 2.29. The Balaban J connectivity index is 1.56. The number of hydrogen-bond donors (Lipinski definition) is 3. The molecule has 7 nitrogen and oxygen atoms in total. The number of benzene rings is 2. The minimum atomic E-state index is -1.11. The zero-order chi connectivity index (χ0) is 20.8. The van der Waals surface area contributed by atoms with E-state index in [1.807, 2.05) is 36.4 Å². The third-order valence-electron chi connectivity index (χ3n) is 5.11. The first-order valence-corrected chi connectivity index (χ1v) is 9.59. The van der Waals surface area contributed by atoms with Gasteiger partial charge >= 0.3 is 12.1 Å². The molecule has 0 saturated carbocycles. The van der Waals surface area contributed by atoms with E-state index in [1.165, 1.54) is 0 Å². The summed E-state index contributed by atoms with van der Waals surface area (Å²) in [5, 5.41) is 13.6. The van der Waals surface area contributed by atoms with Gasteiger partial charge < -0.3 is 20.5 Å². The van der Waals surface area contributed by atoms with Crippen LogP contribution in [0.1, 0.15) is 30.4 Å². The van der Waals surface area contributed by atoms with E-state index in [1.54, 1.807) is 6.92 Å². The van der Waals surface area contributed by atoms with Crippen LogP contribution in [0, 0.1) is 5.92 Å². The lowest BCUT2D eigenvalue weighted by atomic mass is 9.98. The van der Waals surface area contributed by atoms with Gasteiger partial charge in [0.2, 0.25) is 5.91 Å². The Morgan fingerprint density at radius 2 is 1.59 bits per heavy atom. The molecule has 1 unspecified atom stereocenters. The Bertz CT molecular complexity index is 866. The minimum absolute atomic E-state index is 0.0333. The van der Waals surface area contributed by atoms with E-state index in [9.17, 15) is 14.4 Å². The van der Waals surface area contributed by atoms with Gasteiger partial charge in [0.15, 0.2) is 0 Å². The number of carbonyl (C=O) groups is 3. The van der Waals surface area contributed by atoms with Gasteiger partial charge in [-0.3, -0.25) is 9.59 Å². The molecule has 2 aromatic rings. The highest BCUT2D eigenvalue weighted by Crippen LogP contribution is 2.44. The molecule has 0 fully saturated rings. The van der Waals surface area contributed by atoms with Crippen LogP contribution in [-0.2, 0) is 14.3 Å². The predicted molar refractivity (Wildman–Crippen MR) is 107 cm³/mol. The molecule has 0 radical (unpaired) electrons. The van der Waals surface area contributed by atoms with Crippen LogP contribution in [0.4, 0.5) is 4.79 Å². The number of carbonyl (C=O) groups excluding carboxylic acids is 2. The molecular weight excluding hydrogens is 372 g/mol. The van der Waals surface area contributed by atoms with Crippen molar-refractivity contribution in [3.8, 4) is 11.1 Å². The maximum atomic E-state index is 12.2. The molecule has 0 bridgehead atoms. The monoisotopic (exact) mass is 396 g/mol. The van der Waals surface area contributed by atoms with Crippen LogP contribution in [0.25, 0.3) is 11.1 Å². The highest BCUT2D eigenvalue weighted by atomic mass is 16.5. The van der Waals surface area contributed by atoms with Crippen molar-refractivity contribution in [2.45, 2.75) is 19.3 Å². The van der Waals surface area contributed by atoms with E-state index in [4.69, 9.17) is 9.84 Å². The van der Waals surface area contributed by atoms with Gasteiger partial charge in [-0.2, -0.15) is 0 Å². The number of fused-ring (bicyclic) bond motifs is 3. The summed E-state index contributed by atoms with van der Waals surface area (Å²) in [6.45, 7) is 1.63. The molecule has 0 saturated heterocycles. The summed E-state index contributed by atoms with van der Waals surface area (Å²) >= 11 is 0. The standard InChI is InChI=1S/C22H24N2O5/c1-2-14(21(27)23-12-20(25)26)11-24-22(28)29-13-19-17-9-5-3-7-15(17)16-8-4-6-10-18(16)19/h3-10,14,19H,2,11-13H2,1H3,(H,23,27)(H,24,28)(H,25,26). The van der Waals surface area contributed by atoms with Gasteiger partial charge in [-0.25, -0.2) is 4.79 Å². The number of carboxylic acid groups (broad SMARTS) is 1. The van der Waals surface area contributed by atoms with Crippen molar-refractivity contribution in [1.82, 2.24) is 10.6 Å². The molecule has 29 heavy (non-hydrogen) atoms. The average Bonchev–Trinajstić information content (AvgIpc) is 3.05. The van der Waals surface area contributed by atoms with E-state index in [0.29, 0.717) is 6.42 Å². The number of aliphatic carboxylic acids is 1. The highest BCUT2D eigenvalue weighted by molar-refractivity contribution is 5.83. The van der Waals surface area contributed by atoms with Crippen LogP contribution < -0.4 is 10.6 Å². The molecule has 1 aliphatic rings. The van der Waals surface area contributed by atoms with Crippen LogP contribution in [0.5, 0.6) is 0 Å². The maximum Gasteiger partial charge on any atom is 0.407 e. The van der Waals surface area contributed by atoms with Gasteiger partial charge in [0.25, 0.3) is 0 Å². The summed E-state index contributed by atoms with van der Waals surface area (Å²) in [4.78, 5) is 34.7. The molecule has 1 aliphatic carbocycles. The molecule has 2 aromatic carbocycles. The van der Waals surface area contributed by atoms with Crippen molar-refractivity contribution < 1.29 is 24.2 Å². The number of amides is 2. The fraction of sp³-hybridized carbons (Fsp3) is 0.318.